The maximum atomic E-state index is 13.1. The maximum Gasteiger partial charge on any atom is 0.407 e. The number of ether oxygens (including phenoxy) is 2. The summed E-state index contributed by atoms with van der Waals surface area (Å²) in [5.41, 5.74) is 4.68. The van der Waals surface area contributed by atoms with Gasteiger partial charge in [0.2, 0.25) is 0 Å². The standard InChI is InChI=1S/C41H55NO6/c1-24(33-16-17-34-31-15-14-25-21-26(43)19-20-40(25,2)35(31)22-37(44)41(33,34)3)13-18-36(38(45)47-4)42-39(46)48-23-32-29-11-7-5-9-27(29)28-10-6-8-12-30(28)32/h5-12,24-26,31-37,43-44H,13-23H2,1-4H3,(H,42,46)/t24-,25-,26-,31+,33-,34+,35+,36?,37+,40+,41-/m1/s1. The Morgan fingerprint density at radius 3 is 2.27 bits per heavy atom. The minimum atomic E-state index is -0.796. The van der Waals surface area contributed by atoms with E-state index in [4.69, 9.17) is 9.47 Å². The molecule has 0 aromatic heterocycles. The van der Waals surface area contributed by atoms with Crippen LogP contribution in [0.15, 0.2) is 48.5 Å². The Labute approximate surface area is 286 Å². The number of alkyl carbamates (subject to hydrolysis) is 1. The van der Waals surface area contributed by atoms with Crippen LogP contribution in [0, 0.1) is 46.3 Å². The molecule has 48 heavy (non-hydrogen) atoms. The summed E-state index contributed by atoms with van der Waals surface area (Å²) in [6, 6.07) is 15.7. The number of aliphatic hydroxyl groups excluding tert-OH is 2. The Bertz CT molecular complexity index is 1460. The van der Waals surface area contributed by atoms with E-state index in [2.05, 4.69) is 50.4 Å². The molecule has 2 aromatic rings. The average molecular weight is 658 g/mol. The summed E-state index contributed by atoms with van der Waals surface area (Å²) in [6.45, 7) is 7.26. The molecule has 11 atom stereocenters. The summed E-state index contributed by atoms with van der Waals surface area (Å²) >= 11 is 0. The Balaban J connectivity index is 0.981. The number of hydrogen-bond acceptors (Lipinski definition) is 6. The van der Waals surface area contributed by atoms with Gasteiger partial charge in [-0.15, -0.1) is 0 Å². The highest BCUT2D eigenvalue weighted by atomic mass is 16.6. The van der Waals surface area contributed by atoms with Gasteiger partial charge in [-0.1, -0.05) is 69.3 Å². The van der Waals surface area contributed by atoms with E-state index in [0.29, 0.717) is 36.0 Å². The fourth-order valence-electron chi connectivity index (χ4n) is 12.0. The molecule has 7 heteroatoms. The van der Waals surface area contributed by atoms with E-state index < -0.39 is 18.1 Å². The van der Waals surface area contributed by atoms with Crippen LogP contribution in [-0.4, -0.2) is 54.2 Å². The van der Waals surface area contributed by atoms with Gasteiger partial charge in [-0.05, 0) is 133 Å². The van der Waals surface area contributed by atoms with E-state index in [-0.39, 0.29) is 41.5 Å². The molecule has 3 N–H and O–H groups in total. The smallest absolute Gasteiger partial charge is 0.407 e. The predicted molar refractivity (Wildman–Crippen MR) is 185 cm³/mol. The van der Waals surface area contributed by atoms with E-state index in [9.17, 15) is 19.8 Å². The van der Waals surface area contributed by atoms with Gasteiger partial charge in [0, 0.05) is 5.92 Å². The third-order valence-electron chi connectivity index (χ3n) is 14.5. The molecule has 7 nitrogen and oxygen atoms in total. The lowest BCUT2D eigenvalue weighted by Gasteiger charge is -2.62. The number of fused-ring (bicyclic) bond motifs is 8. The fraction of sp³-hybridized carbons (Fsp3) is 0.659. The number of esters is 1. The summed E-state index contributed by atoms with van der Waals surface area (Å²) in [6.07, 6.45) is 8.45. The molecular formula is C41H55NO6. The third-order valence-corrected chi connectivity index (χ3v) is 14.5. The number of hydrogen-bond donors (Lipinski definition) is 3. The van der Waals surface area contributed by atoms with Crippen LogP contribution in [0.5, 0.6) is 0 Å². The molecular weight excluding hydrogens is 602 g/mol. The Kier molecular flexibility index (Phi) is 9.16. The van der Waals surface area contributed by atoms with E-state index >= 15 is 0 Å². The van der Waals surface area contributed by atoms with Crippen molar-refractivity contribution in [3.63, 3.8) is 0 Å². The molecule has 4 fully saturated rings. The molecule has 1 unspecified atom stereocenters. The maximum absolute atomic E-state index is 13.1. The molecule has 5 aliphatic carbocycles. The van der Waals surface area contributed by atoms with Crippen LogP contribution in [0.1, 0.15) is 102 Å². The molecule has 0 radical (unpaired) electrons. The molecule has 4 saturated carbocycles. The van der Waals surface area contributed by atoms with Crippen molar-refractivity contribution in [1.82, 2.24) is 5.32 Å². The van der Waals surface area contributed by atoms with Crippen LogP contribution in [0.25, 0.3) is 11.1 Å². The highest BCUT2D eigenvalue weighted by molar-refractivity contribution is 5.82. The van der Waals surface area contributed by atoms with Crippen LogP contribution >= 0.6 is 0 Å². The Morgan fingerprint density at radius 1 is 0.896 bits per heavy atom. The van der Waals surface area contributed by atoms with Crippen molar-refractivity contribution in [1.29, 1.82) is 0 Å². The Hall–Kier alpha value is -2.90. The van der Waals surface area contributed by atoms with Gasteiger partial charge in [0.15, 0.2) is 0 Å². The van der Waals surface area contributed by atoms with Gasteiger partial charge in [-0.2, -0.15) is 0 Å². The van der Waals surface area contributed by atoms with Crippen LogP contribution in [0.3, 0.4) is 0 Å². The number of rotatable bonds is 8. The van der Waals surface area contributed by atoms with Crippen LogP contribution in [0.2, 0.25) is 0 Å². The first-order valence-corrected chi connectivity index (χ1v) is 18.6. The number of amides is 1. The number of benzene rings is 2. The van der Waals surface area contributed by atoms with Crippen molar-refractivity contribution in [3.8, 4) is 11.1 Å². The summed E-state index contributed by atoms with van der Waals surface area (Å²) in [7, 11) is 1.36. The van der Waals surface area contributed by atoms with Crippen LogP contribution in [-0.2, 0) is 14.3 Å². The predicted octanol–water partition coefficient (Wildman–Crippen LogP) is 7.47. The van der Waals surface area contributed by atoms with Gasteiger partial charge in [-0.3, -0.25) is 0 Å². The van der Waals surface area contributed by atoms with Crippen molar-refractivity contribution >= 4 is 12.1 Å². The van der Waals surface area contributed by atoms with Crippen molar-refractivity contribution in [2.24, 2.45) is 46.3 Å². The topological polar surface area (TPSA) is 105 Å². The van der Waals surface area contributed by atoms with Gasteiger partial charge < -0.3 is 25.0 Å². The van der Waals surface area contributed by atoms with E-state index in [1.807, 2.05) is 24.3 Å². The van der Waals surface area contributed by atoms with Crippen molar-refractivity contribution in [2.75, 3.05) is 13.7 Å². The van der Waals surface area contributed by atoms with Gasteiger partial charge in [0.05, 0.1) is 19.3 Å². The highest BCUT2D eigenvalue weighted by Gasteiger charge is 2.63. The number of methoxy groups -OCH3 is 1. The SMILES string of the molecule is COC(=O)C(CC[C@@H](C)[C@H]1CC[C@H]2[C@@H]3CC[C@@H]4C[C@H](O)CC[C@]4(C)[C@H]3C[C@H](O)[C@]12C)NC(=O)OCC1c2ccccc2-c2ccccc21. The average Bonchev–Trinajstić information content (AvgIpc) is 3.62. The van der Waals surface area contributed by atoms with E-state index in [1.54, 1.807) is 0 Å². The van der Waals surface area contributed by atoms with Gasteiger partial charge in [0.1, 0.15) is 12.6 Å². The van der Waals surface area contributed by atoms with Crippen molar-refractivity contribution in [3.05, 3.63) is 59.7 Å². The van der Waals surface area contributed by atoms with Crippen molar-refractivity contribution < 1.29 is 29.3 Å². The zero-order chi connectivity index (χ0) is 33.8. The van der Waals surface area contributed by atoms with Gasteiger partial charge in [0.25, 0.3) is 0 Å². The van der Waals surface area contributed by atoms with E-state index in [0.717, 1.165) is 56.1 Å². The molecule has 0 heterocycles. The van der Waals surface area contributed by atoms with E-state index in [1.165, 1.54) is 31.1 Å². The molecule has 0 spiro atoms. The second kappa shape index (κ2) is 13.1. The number of carbonyl (C=O) groups is 2. The second-order valence-corrected chi connectivity index (χ2v) is 16.5. The summed E-state index contributed by atoms with van der Waals surface area (Å²) in [4.78, 5) is 26.0. The molecule has 7 rings (SSSR count). The third kappa shape index (κ3) is 5.57. The zero-order valence-corrected chi connectivity index (χ0v) is 29.2. The van der Waals surface area contributed by atoms with Crippen LogP contribution < -0.4 is 5.32 Å². The number of aliphatic hydroxyl groups is 2. The number of carbonyl (C=O) groups excluding carboxylic acids is 2. The first-order chi connectivity index (χ1) is 23.1. The van der Waals surface area contributed by atoms with Crippen molar-refractivity contribution in [2.45, 2.75) is 109 Å². The Morgan fingerprint density at radius 2 is 1.58 bits per heavy atom. The quantitative estimate of drug-likeness (QED) is 0.255. The fourth-order valence-corrected chi connectivity index (χ4v) is 12.0. The minimum Gasteiger partial charge on any atom is -0.467 e. The zero-order valence-electron chi connectivity index (χ0n) is 29.2. The monoisotopic (exact) mass is 657 g/mol. The first-order valence-electron chi connectivity index (χ1n) is 18.6. The number of nitrogens with one attached hydrogen (secondary N) is 1. The summed E-state index contributed by atoms with van der Waals surface area (Å²) in [5, 5.41) is 25.2. The molecule has 0 saturated heterocycles. The molecule has 5 aliphatic rings. The van der Waals surface area contributed by atoms with Crippen LogP contribution in [0.4, 0.5) is 4.79 Å². The highest BCUT2D eigenvalue weighted by Crippen LogP contribution is 2.68. The lowest BCUT2D eigenvalue weighted by molar-refractivity contribution is -0.175. The molecule has 2 aromatic carbocycles. The molecule has 1 amide bonds. The molecule has 0 aliphatic heterocycles. The molecule has 0 bridgehead atoms. The first kappa shape index (κ1) is 33.6. The lowest BCUT2D eigenvalue weighted by atomic mass is 9.43. The summed E-state index contributed by atoms with van der Waals surface area (Å²) < 4.78 is 10.9. The largest absolute Gasteiger partial charge is 0.467 e. The minimum absolute atomic E-state index is 0.0559. The van der Waals surface area contributed by atoms with Gasteiger partial charge in [-0.25, -0.2) is 9.59 Å². The van der Waals surface area contributed by atoms with Gasteiger partial charge >= 0.3 is 12.1 Å². The molecule has 260 valence electrons. The second-order valence-electron chi connectivity index (χ2n) is 16.5. The summed E-state index contributed by atoms with van der Waals surface area (Å²) in [5.74, 6) is 2.33. The lowest BCUT2D eigenvalue weighted by Crippen LogP contribution is -2.58. The normalized spacial score (nSPS) is 36.4.